The summed E-state index contributed by atoms with van der Waals surface area (Å²) in [6, 6.07) is 117. The molecule has 0 spiro atoms. The molecule has 0 fully saturated rings. The minimum absolute atomic E-state index is 0.373. The number of benzene rings is 13. The first-order chi connectivity index (χ1) is 46.4. The summed E-state index contributed by atoms with van der Waals surface area (Å²) in [6.45, 7) is 9.80. The van der Waals surface area contributed by atoms with Gasteiger partial charge in [-0.2, -0.15) is 0 Å². The predicted octanol–water partition coefficient (Wildman–Crippen LogP) is 20.4. The van der Waals surface area contributed by atoms with Crippen molar-refractivity contribution in [3.05, 3.63) is 374 Å². The fraction of sp³-hybridized carbons (Fsp3) is 0. The molecular weight excluding hydrogens is 1140 g/mol. The van der Waals surface area contributed by atoms with Gasteiger partial charge in [-0.15, -0.1) is 0 Å². The van der Waals surface area contributed by atoms with E-state index in [1.807, 2.05) is 48.5 Å². The van der Waals surface area contributed by atoms with E-state index in [0.717, 1.165) is 156 Å². The number of aromatic nitrogens is 1. The lowest BCUT2D eigenvalue weighted by Gasteiger charge is -2.46. The first-order valence-electron chi connectivity index (χ1n) is 31.9. The van der Waals surface area contributed by atoms with Crippen LogP contribution in [-0.4, -0.2) is 23.7 Å². The van der Waals surface area contributed by atoms with Crippen LogP contribution in [0.1, 0.15) is 22.3 Å². The van der Waals surface area contributed by atoms with Crippen LogP contribution in [-0.2, 0) is 0 Å². The first-order valence-corrected chi connectivity index (χ1v) is 31.9. The zero-order valence-corrected chi connectivity index (χ0v) is 51.7. The van der Waals surface area contributed by atoms with E-state index in [1.165, 1.54) is 12.4 Å². The second-order valence-electron chi connectivity index (χ2n) is 24.0. The lowest BCUT2D eigenvalue weighted by atomic mass is 9.33. The summed E-state index contributed by atoms with van der Waals surface area (Å²) in [5, 5.41) is 21.7. The Labute approximate surface area is 548 Å². The van der Waals surface area contributed by atoms with Crippen molar-refractivity contribution in [2.75, 3.05) is 9.80 Å². The van der Waals surface area contributed by atoms with E-state index in [2.05, 4.69) is 293 Å². The normalized spacial score (nSPS) is 12.7. The third kappa shape index (κ3) is 9.84. The van der Waals surface area contributed by atoms with E-state index in [0.29, 0.717) is 11.1 Å². The SMILES string of the molecule is C=C(/C(=C(\C=N)c1ccccc1)N1c2ccc(-c3ccccc3)cc2B2c3cc(-c4ccccc4)ccc3N(/C(C(=C)c3ccccc3)=C(/C=N)c3ccccc3)c3cc(-n4c5ccc(-c6ccccc6)cc5c5cc(-c6ccccc6)ccc54)cc1c32)c1ccccc1. The van der Waals surface area contributed by atoms with Gasteiger partial charge in [-0.3, -0.25) is 0 Å². The summed E-state index contributed by atoms with van der Waals surface area (Å²) in [7, 11) is 0. The van der Waals surface area contributed by atoms with Crippen molar-refractivity contribution < 1.29 is 0 Å². The Morgan fingerprint density at radius 1 is 0.298 bits per heavy atom. The molecule has 13 aromatic carbocycles. The Hall–Kier alpha value is -12.4. The molecule has 0 radical (unpaired) electrons. The van der Waals surface area contributed by atoms with Gasteiger partial charge >= 0.3 is 0 Å². The number of nitrogens with zero attached hydrogens (tertiary/aromatic N) is 3. The van der Waals surface area contributed by atoms with Crippen molar-refractivity contribution in [1.29, 1.82) is 10.8 Å². The number of hydrogen-bond acceptors (Lipinski definition) is 4. The Bertz CT molecular complexity index is 5020. The molecule has 0 unspecified atom stereocenters. The molecule has 3 heterocycles. The number of rotatable bonds is 15. The van der Waals surface area contributed by atoms with E-state index in [-0.39, 0.29) is 6.71 Å². The van der Waals surface area contributed by atoms with Crippen molar-refractivity contribution in [2.45, 2.75) is 0 Å². The second kappa shape index (κ2) is 24.1. The van der Waals surface area contributed by atoms with E-state index in [1.54, 1.807) is 0 Å². The van der Waals surface area contributed by atoms with Gasteiger partial charge in [0.15, 0.2) is 0 Å². The molecule has 2 N–H and O–H groups in total. The summed E-state index contributed by atoms with van der Waals surface area (Å²) in [5.74, 6) is 0. The van der Waals surface area contributed by atoms with Crippen LogP contribution in [0.5, 0.6) is 0 Å². The van der Waals surface area contributed by atoms with Gasteiger partial charge in [-0.1, -0.05) is 292 Å². The molecule has 0 aliphatic carbocycles. The van der Waals surface area contributed by atoms with Crippen LogP contribution in [0.3, 0.4) is 0 Å². The van der Waals surface area contributed by atoms with Crippen molar-refractivity contribution in [3.8, 4) is 50.2 Å². The van der Waals surface area contributed by atoms with Crippen LogP contribution < -0.4 is 26.2 Å². The molecule has 2 aliphatic rings. The van der Waals surface area contributed by atoms with Gasteiger partial charge < -0.3 is 25.2 Å². The summed E-state index contributed by atoms with van der Waals surface area (Å²) >= 11 is 0. The Kier molecular flexibility index (Phi) is 14.6. The maximum absolute atomic E-state index is 9.71. The molecular formula is C88H62BN5. The van der Waals surface area contributed by atoms with E-state index >= 15 is 0 Å². The lowest BCUT2D eigenvalue weighted by Crippen LogP contribution is -2.62. The molecule has 5 nitrogen and oxygen atoms in total. The van der Waals surface area contributed by atoms with Gasteiger partial charge in [0.1, 0.15) is 0 Å². The first kappa shape index (κ1) is 56.8. The summed E-state index contributed by atoms with van der Waals surface area (Å²) in [6.07, 6.45) is 3.02. The molecule has 16 rings (SSSR count). The zero-order valence-electron chi connectivity index (χ0n) is 51.7. The van der Waals surface area contributed by atoms with Gasteiger partial charge in [0.25, 0.3) is 6.71 Å². The van der Waals surface area contributed by atoms with E-state index in [4.69, 9.17) is 13.2 Å². The Morgan fingerprint density at radius 2 is 0.596 bits per heavy atom. The Balaban J connectivity index is 1.10. The molecule has 0 amide bonds. The standard InChI is InChI=1S/C88H62BN5/c1-59(61-27-11-3-12-28-61)87(76(57-90)67-39-23-9-24-40-67)93-82-49-45-71(65-35-19-7-20-36-65)53-78(82)89-79-54-72(66-37-21-8-22-38-66)46-50-83(79)94(88(60(2)62-29-13-4-14-30-62)77(58-91)68-41-25-10-26-42-68)85-56-73(55-84(93)86(85)89)92-80-47-43-69(63-31-15-5-16-32-63)51-74(80)75-52-70(44-48-81(75)92)64-33-17-6-18-34-64/h3-58,90-91H,1-2H2/b87-76-,88-77-,90-57?,91-58?. The highest BCUT2D eigenvalue weighted by Gasteiger charge is 2.46. The van der Waals surface area contributed by atoms with Gasteiger partial charge in [-0.25, -0.2) is 0 Å². The molecule has 0 atom stereocenters. The second-order valence-corrected chi connectivity index (χ2v) is 24.0. The number of anilines is 4. The fourth-order valence-corrected chi connectivity index (χ4v) is 14.3. The minimum Gasteiger partial charge on any atom is -0.310 e. The quantitative estimate of drug-likeness (QED) is 0.0610. The molecule has 442 valence electrons. The average molecular weight is 1200 g/mol. The van der Waals surface area contributed by atoms with Crippen LogP contribution in [0, 0.1) is 10.8 Å². The smallest absolute Gasteiger partial charge is 0.252 e. The van der Waals surface area contributed by atoms with Crippen LogP contribution in [0.25, 0.3) is 94.3 Å². The van der Waals surface area contributed by atoms with Crippen molar-refractivity contribution in [2.24, 2.45) is 0 Å². The van der Waals surface area contributed by atoms with Crippen molar-refractivity contribution >= 4 is 102 Å². The van der Waals surface area contributed by atoms with Gasteiger partial charge in [0.05, 0.1) is 28.1 Å². The monoisotopic (exact) mass is 1200 g/mol. The summed E-state index contributed by atoms with van der Waals surface area (Å²) in [5.41, 5.74) is 26.9. The molecule has 14 aromatic rings. The molecule has 1 aromatic heterocycles. The van der Waals surface area contributed by atoms with E-state index in [9.17, 15) is 10.8 Å². The maximum atomic E-state index is 9.71. The number of allylic oxidation sites excluding steroid dienone is 4. The largest absolute Gasteiger partial charge is 0.310 e. The highest BCUT2D eigenvalue weighted by Crippen LogP contribution is 2.50. The van der Waals surface area contributed by atoms with Crippen LogP contribution >= 0.6 is 0 Å². The maximum Gasteiger partial charge on any atom is 0.252 e. The van der Waals surface area contributed by atoms with Gasteiger partial charge in [0, 0.05) is 57.1 Å². The average Bonchev–Trinajstić information content (AvgIpc) is 0.795. The zero-order chi connectivity index (χ0) is 63.2. The topological polar surface area (TPSA) is 59.1 Å². The Morgan fingerprint density at radius 3 is 0.926 bits per heavy atom. The van der Waals surface area contributed by atoms with Crippen LogP contribution in [0.4, 0.5) is 22.7 Å². The van der Waals surface area contributed by atoms with Crippen LogP contribution in [0.15, 0.2) is 352 Å². The number of hydrogen-bond donors (Lipinski definition) is 2. The lowest BCUT2D eigenvalue weighted by molar-refractivity contribution is 1.14. The summed E-state index contributed by atoms with van der Waals surface area (Å²) < 4.78 is 2.45. The molecule has 6 heteroatoms. The third-order valence-corrected chi connectivity index (χ3v) is 18.7. The highest BCUT2D eigenvalue weighted by molar-refractivity contribution is 7.00. The van der Waals surface area contributed by atoms with Crippen molar-refractivity contribution in [3.63, 3.8) is 0 Å². The number of nitrogens with one attached hydrogen (secondary N) is 2. The van der Waals surface area contributed by atoms with Gasteiger partial charge in [0.2, 0.25) is 0 Å². The van der Waals surface area contributed by atoms with Gasteiger partial charge in [-0.05, 0) is 143 Å². The molecule has 0 saturated carbocycles. The fourth-order valence-electron chi connectivity index (χ4n) is 14.3. The van der Waals surface area contributed by atoms with Crippen LogP contribution in [0.2, 0.25) is 0 Å². The number of fused-ring (bicyclic) bond motifs is 7. The molecule has 2 aliphatic heterocycles. The third-order valence-electron chi connectivity index (χ3n) is 18.7. The molecule has 0 saturated heterocycles. The highest BCUT2D eigenvalue weighted by atomic mass is 15.2. The summed E-state index contributed by atoms with van der Waals surface area (Å²) in [4.78, 5) is 4.85. The molecule has 0 bridgehead atoms. The predicted molar refractivity (Wildman–Crippen MR) is 400 cm³/mol. The van der Waals surface area contributed by atoms with E-state index < -0.39 is 0 Å². The molecule has 94 heavy (non-hydrogen) atoms. The van der Waals surface area contributed by atoms with Crippen molar-refractivity contribution in [1.82, 2.24) is 4.57 Å². The minimum atomic E-state index is -0.373.